The van der Waals surface area contributed by atoms with Crippen LogP contribution in [0.2, 0.25) is 0 Å². The Morgan fingerprint density at radius 2 is 2.20 bits per heavy atom. The van der Waals surface area contributed by atoms with Gasteiger partial charge in [0.15, 0.2) is 0 Å². The summed E-state index contributed by atoms with van der Waals surface area (Å²) in [5.74, 6) is 0.933. The predicted molar refractivity (Wildman–Crippen MR) is 59.0 cm³/mol. The van der Waals surface area contributed by atoms with Gasteiger partial charge in [0.2, 0.25) is 0 Å². The molecule has 3 fully saturated rings. The molecule has 0 aliphatic heterocycles. The summed E-state index contributed by atoms with van der Waals surface area (Å²) < 4.78 is 0. The standard InChI is InChI=1S/C12H19NO2/c1-11(2)8-6-9(11)12(3,15)10(7-8)13-4-5-14/h5,8-9,15H,4,6-7H2,1-3H3/t8?,9?,12-/m1/s1. The van der Waals surface area contributed by atoms with Crippen molar-refractivity contribution in [2.24, 2.45) is 22.2 Å². The van der Waals surface area contributed by atoms with Gasteiger partial charge < -0.3 is 9.90 Å². The van der Waals surface area contributed by atoms with E-state index in [4.69, 9.17) is 0 Å². The number of nitrogens with zero attached hydrogens (tertiary/aromatic N) is 1. The third-order valence-corrected chi connectivity index (χ3v) is 4.53. The van der Waals surface area contributed by atoms with Crippen LogP contribution in [0.3, 0.4) is 0 Å². The molecule has 3 heteroatoms. The minimum Gasteiger partial charge on any atom is -0.384 e. The summed E-state index contributed by atoms with van der Waals surface area (Å²) in [6, 6.07) is 0. The lowest BCUT2D eigenvalue weighted by atomic mass is 9.44. The largest absolute Gasteiger partial charge is 0.384 e. The Hall–Kier alpha value is -0.700. The molecule has 0 amide bonds. The first-order valence-electron chi connectivity index (χ1n) is 5.60. The van der Waals surface area contributed by atoms with Gasteiger partial charge in [-0.3, -0.25) is 4.99 Å². The Morgan fingerprint density at radius 1 is 1.53 bits per heavy atom. The number of aliphatic imine (C=N–C) groups is 1. The second-order valence-electron chi connectivity index (χ2n) is 5.61. The highest BCUT2D eigenvalue weighted by atomic mass is 16.3. The molecule has 0 aromatic rings. The van der Waals surface area contributed by atoms with Crippen LogP contribution in [0.5, 0.6) is 0 Å². The van der Waals surface area contributed by atoms with Gasteiger partial charge in [0.1, 0.15) is 11.9 Å². The Kier molecular flexibility index (Phi) is 2.26. The van der Waals surface area contributed by atoms with Crippen molar-refractivity contribution in [2.45, 2.75) is 39.2 Å². The number of rotatable bonds is 2. The zero-order valence-corrected chi connectivity index (χ0v) is 9.66. The molecule has 3 atom stereocenters. The molecule has 0 aromatic carbocycles. The van der Waals surface area contributed by atoms with Crippen molar-refractivity contribution in [3.8, 4) is 0 Å². The van der Waals surface area contributed by atoms with Crippen molar-refractivity contribution < 1.29 is 9.90 Å². The summed E-state index contributed by atoms with van der Waals surface area (Å²) in [4.78, 5) is 14.5. The molecular weight excluding hydrogens is 190 g/mol. The number of carbonyl (C=O) groups excluding carboxylic acids is 1. The predicted octanol–water partition coefficient (Wildman–Crippen LogP) is 1.44. The van der Waals surface area contributed by atoms with Crippen LogP contribution < -0.4 is 0 Å². The molecule has 1 N–H and O–H groups in total. The molecular formula is C12H19NO2. The summed E-state index contributed by atoms with van der Waals surface area (Å²) in [6.07, 6.45) is 2.74. The fourth-order valence-corrected chi connectivity index (χ4v) is 3.33. The quantitative estimate of drug-likeness (QED) is 0.700. The molecule has 3 nitrogen and oxygen atoms in total. The molecule has 3 saturated carbocycles. The van der Waals surface area contributed by atoms with Crippen molar-refractivity contribution in [3.05, 3.63) is 0 Å². The maximum Gasteiger partial charge on any atom is 0.141 e. The molecule has 0 aromatic heterocycles. The number of aliphatic hydroxyl groups is 1. The molecule has 0 spiro atoms. The van der Waals surface area contributed by atoms with Gasteiger partial charge in [-0.15, -0.1) is 0 Å². The third-order valence-electron chi connectivity index (χ3n) is 4.53. The van der Waals surface area contributed by atoms with Gasteiger partial charge in [-0.1, -0.05) is 13.8 Å². The first-order chi connectivity index (χ1) is 6.90. The lowest BCUT2D eigenvalue weighted by Crippen LogP contribution is -2.64. The molecule has 2 unspecified atom stereocenters. The van der Waals surface area contributed by atoms with Crippen LogP contribution in [0.1, 0.15) is 33.6 Å². The average Bonchev–Trinajstić information content (AvgIpc) is 2.14. The van der Waals surface area contributed by atoms with E-state index in [9.17, 15) is 9.90 Å². The molecule has 0 radical (unpaired) electrons. The van der Waals surface area contributed by atoms with E-state index in [0.29, 0.717) is 11.8 Å². The minimum atomic E-state index is -0.804. The van der Waals surface area contributed by atoms with E-state index in [1.807, 2.05) is 6.92 Å². The number of aldehydes is 1. The maximum atomic E-state index is 10.5. The highest BCUT2D eigenvalue weighted by Crippen LogP contribution is 2.61. The summed E-state index contributed by atoms with van der Waals surface area (Å²) >= 11 is 0. The van der Waals surface area contributed by atoms with Crippen LogP contribution in [0.15, 0.2) is 4.99 Å². The molecule has 3 rings (SSSR count). The van der Waals surface area contributed by atoms with Crippen LogP contribution in [0.4, 0.5) is 0 Å². The summed E-state index contributed by atoms with van der Waals surface area (Å²) in [6.45, 7) is 6.47. The van der Waals surface area contributed by atoms with Gasteiger partial charge in [-0.05, 0) is 37.0 Å². The van der Waals surface area contributed by atoms with Gasteiger partial charge in [0.25, 0.3) is 0 Å². The number of fused-ring (bicyclic) bond motifs is 2. The van der Waals surface area contributed by atoms with Gasteiger partial charge in [-0.25, -0.2) is 0 Å². The first-order valence-corrected chi connectivity index (χ1v) is 5.60. The zero-order valence-electron chi connectivity index (χ0n) is 9.66. The van der Waals surface area contributed by atoms with Crippen LogP contribution in [0, 0.1) is 17.3 Å². The molecule has 15 heavy (non-hydrogen) atoms. The Morgan fingerprint density at radius 3 is 2.67 bits per heavy atom. The normalized spacial score (nSPS) is 44.9. The number of carbonyl (C=O) groups is 1. The maximum absolute atomic E-state index is 10.5. The third kappa shape index (κ3) is 1.36. The van der Waals surface area contributed by atoms with Crippen molar-refractivity contribution in [1.29, 1.82) is 0 Å². The van der Waals surface area contributed by atoms with E-state index in [-0.39, 0.29) is 12.0 Å². The lowest BCUT2D eigenvalue weighted by molar-refractivity contribution is -0.134. The smallest absolute Gasteiger partial charge is 0.141 e. The van der Waals surface area contributed by atoms with Crippen LogP contribution in [-0.2, 0) is 4.79 Å². The molecule has 3 aliphatic carbocycles. The Bertz CT molecular complexity index is 318. The highest BCUT2D eigenvalue weighted by Gasteiger charge is 2.61. The minimum absolute atomic E-state index is 0.186. The van der Waals surface area contributed by atoms with Crippen LogP contribution in [0.25, 0.3) is 0 Å². The van der Waals surface area contributed by atoms with Crippen LogP contribution in [-0.4, -0.2) is 29.3 Å². The second-order valence-corrected chi connectivity index (χ2v) is 5.61. The summed E-state index contributed by atoms with van der Waals surface area (Å²) in [5.41, 5.74) is 0.250. The van der Waals surface area contributed by atoms with Crippen molar-refractivity contribution >= 4 is 12.0 Å². The molecule has 2 bridgehead atoms. The molecule has 0 saturated heterocycles. The second kappa shape index (κ2) is 3.14. The highest BCUT2D eigenvalue weighted by molar-refractivity contribution is 5.95. The van der Waals surface area contributed by atoms with Gasteiger partial charge in [0, 0.05) is 5.71 Å². The average molecular weight is 209 g/mol. The fourth-order valence-electron chi connectivity index (χ4n) is 3.33. The van der Waals surface area contributed by atoms with Crippen LogP contribution >= 0.6 is 0 Å². The monoisotopic (exact) mass is 209 g/mol. The van der Waals surface area contributed by atoms with E-state index in [0.717, 1.165) is 24.8 Å². The molecule has 0 heterocycles. The summed E-state index contributed by atoms with van der Waals surface area (Å²) in [7, 11) is 0. The molecule has 84 valence electrons. The summed E-state index contributed by atoms with van der Waals surface area (Å²) in [5, 5.41) is 10.5. The van der Waals surface area contributed by atoms with E-state index < -0.39 is 5.60 Å². The zero-order chi connectivity index (χ0) is 11.3. The Labute approximate surface area is 90.6 Å². The first kappa shape index (κ1) is 10.8. The number of hydrogen-bond donors (Lipinski definition) is 1. The Balaban J connectivity index is 2.24. The SMILES string of the molecule is CC1(C)C2CC(=NCC=O)[C@](C)(O)C1C2. The number of hydrogen-bond acceptors (Lipinski definition) is 3. The van der Waals surface area contributed by atoms with E-state index in [1.165, 1.54) is 0 Å². The van der Waals surface area contributed by atoms with E-state index in [1.54, 1.807) is 0 Å². The lowest BCUT2D eigenvalue weighted by Gasteiger charge is -2.62. The van der Waals surface area contributed by atoms with Gasteiger partial charge in [-0.2, -0.15) is 0 Å². The van der Waals surface area contributed by atoms with Gasteiger partial charge >= 0.3 is 0 Å². The van der Waals surface area contributed by atoms with E-state index >= 15 is 0 Å². The molecule has 3 aliphatic rings. The van der Waals surface area contributed by atoms with Crippen molar-refractivity contribution in [1.82, 2.24) is 0 Å². The van der Waals surface area contributed by atoms with Gasteiger partial charge in [0.05, 0.1) is 6.54 Å². The van der Waals surface area contributed by atoms with Crippen molar-refractivity contribution in [3.63, 3.8) is 0 Å². The topological polar surface area (TPSA) is 49.7 Å². The van der Waals surface area contributed by atoms with E-state index in [2.05, 4.69) is 18.8 Å². The van der Waals surface area contributed by atoms with Crippen molar-refractivity contribution in [2.75, 3.05) is 6.54 Å². The fraction of sp³-hybridized carbons (Fsp3) is 0.833.